The fourth-order valence-corrected chi connectivity index (χ4v) is 3.56. The van der Waals surface area contributed by atoms with Gasteiger partial charge in [-0.2, -0.15) is 0 Å². The van der Waals surface area contributed by atoms with E-state index in [-0.39, 0.29) is 11.6 Å². The molecular formula is C17H15N5OS. The lowest BCUT2D eigenvalue weighted by Crippen LogP contribution is -2.25. The number of hydrogen-bond acceptors (Lipinski definition) is 6. The molecule has 0 aliphatic heterocycles. The van der Waals surface area contributed by atoms with Gasteiger partial charge in [-0.25, -0.2) is 19.5 Å². The Morgan fingerprint density at radius 3 is 2.58 bits per heavy atom. The molecule has 1 N–H and O–H groups in total. The smallest absolute Gasteiger partial charge is 0.277 e. The van der Waals surface area contributed by atoms with Gasteiger partial charge in [-0.05, 0) is 26.0 Å². The van der Waals surface area contributed by atoms with Crippen LogP contribution in [-0.2, 0) is 0 Å². The summed E-state index contributed by atoms with van der Waals surface area (Å²) < 4.78 is 2.17. The lowest BCUT2D eigenvalue weighted by Gasteiger charge is -2.15. The average molecular weight is 337 g/mol. The van der Waals surface area contributed by atoms with Crippen LogP contribution >= 0.6 is 11.3 Å². The molecule has 24 heavy (non-hydrogen) atoms. The van der Waals surface area contributed by atoms with Crippen molar-refractivity contribution < 1.29 is 0 Å². The van der Waals surface area contributed by atoms with Gasteiger partial charge in [0.1, 0.15) is 20.6 Å². The number of fused-ring (bicyclic) bond motifs is 3. The molecule has 120 valence electrons. The SMILES string of the molecule is CC(C)Nc1nc2c(sc3nccnc32)c(=O)n1-c1ccccc1. The van der Waals surface area contributed by atoms with E-state index < -0.39 is 0 Å². The van der Waals surface area contributed by atoms with Crippen molar-refractivity contribution >= 4 is 37.8 Å². The molecule has 1 aromatic carbocycles. The van der Waals surface area contributed by atoms with Gasteiger partial charge in [0.05, 0.1) is 5.69 Å². The number of para-hydroxylation sites is 1. The summed E-state index contributed by atoms with van der Waals surface area (Å²) in [5.41, 5.74) is 1.93. The number of anilines is 1. The lowest BCUT2D eigenvalue weighted by molar-refractivity contribution is 0.846. The van der Waals surface area contributed by atoms with Crippen LogP contribution in [0.2, 0.25) is 0 Å². The number of nitrogens with zero attached hydrogens (tertiary/aromatic N) is 4. The fourth-order valence-electron chi connectivity index (χ4n) is 2.59. The number of aromatic nitrogens is 4. The highest BCUT2D eigenvalue weighted by molar-refractivity contribution is 7.25. The van der Waals surface area contributed by atoms with E-state index in [1.807, 2.05) is 44.2 Å². The van der Waals surface area contributed by atoms with Crippen molar-refractivity contribution in [2.45, 2.75) is 19.9 Å². The van der Waals surface area contributed by atoms with E-state index in [9.17, 15) is 4.79 Å². The Morgan fingerprint density at radius 2 is 1.83 bits per heavy atom. The van der Waals surface area contributed by atoms with Gasteiger partial charge in [-0.3, -0.25) is 4.79 Å². The normalized spacial score (nSPS) is 11.5. The maximum Gasteiger partial charge on any atom is 0.277 e. The maximum atomic E-state index is 13.1. The van der Waals surface area contributed by atoms with E-state index in [0.29, 0.717) is 21.7 Å². The van der Waals surface area contributed by atoms with E-state index >= 15 is 0 Å². The largest absolute Gasteiger partial charge is 0.353 e. The molecule has 0 aliphatic carbocycles. The third kappa shape index (κ3) is 2.33. The van der Waals surface area contributed by atoms with Gasteiger partial charge in [0, 0.05) is 18.4 Å². The monoisotopic (exact) mass is 337 g/mol. The molecule has 0 spiro atoms. The molecule has 3 heterocycles. The summed E-state index contributed by atoms with van der Waals surface area (Å²) >= 11 is 1.33. The van der Waals surface area contributed by atoms with Crippen LogP contribution in [0.4, 0.5) is 5.95 Å². The fraction of sp³-hybridized carbons (Fsp3) is 0.176. The molecule has 0 atom stereocenters. The molecular weight excluding hydrogens is 322 g/mol. The number of thiophene rings is 1. The van der Waals surface area contributed by atoms with Crippen LogP contribution in [0.15, 0.2) is 47.5 Å². The van der Waals surface area contributed by atoms with Crippen LogP contribution in [0, 0.1) is 0 Å². The zero-order valence-electron chi connectivity index (χ0n) is 13.2. The molecule has 0 saturated carbocycles. The van der Waals surface area contributed by atoms with Crippen LogP contribution in [0.5, 0.6) is 0 Å². The number of rotatable bonds is 3. The molecule has 4 aromatic rings. The molecule has 6 nitrogen and oxygen atoms in total. The van der Waals surface area contributed by atoms with Crippen molar-refractivity contribution in [3.8, 4) is 5.69 Å². The van der Waals surface area contributed by atoms with Crippen molar-refractivity contribution in [3.05, 3.63) is 53.1 Å². The first-order valence-electron chi connectivity index (χ1n) is 7.63. The molecule has 3 aromatic heterocycles. The number of benzene rings is 1. The summed E-state index contributed by atoms with van der Waals surface area (Å²) in [5.74, 6) is 0.513. The van der Waals surface area contributed by atoms with Crippen LogP contribution in [0.1, 0.15) is 13.8 Å². The zero-order valence-corrected chi connectivity index (χ0v) is 14.0. The van der Waals surface area contributed by atoms with Crippen LogP contribution in [0.3, 0.4) is 0 Å². The Hall–Kier alpha value is -2.80. The highest BCUT2D eigenvalue weighted by Gasteiger charge is 2.18. The van der Waals surface area contributed by atoms with Gasteiger partial charge in [0.2, 0.25) is 5.95 Å². The Kier molecular flexibility index (Phi) is 3.50. The highest BCUT2D eigenvalue weighted by Crippen LogP contribution is 2.28. The Morgan fingerprint density at radius 1 is 1.08 bits per heavy atom. The minimum Gasteiger partial charge on any atom is -0.353 e. The second kappa shape index (κ2) is 5.68. The zero-order chi connectivity index (χ0) is 16.7. The van der Waals surface area contributed by atoms with Gasteiger partial charge < -0.3 is 5.32 Å². The van der Waals surface area contributed by atoms with Crippen LogP contribution in [0.25, 0.3) is 26.3 Å². The van der Waals surface area contributed by atoms with E-state index in [0.717, 1.165) is 10.5 Å². The van der Waals surface area contributed by atoms with Crippen LogP contribution < -0.4 is 10.9 Å². The molecule has 0 unspecified atom stereocenters. The summed E-state index contributed by atoms with van der Waals surface area (Å²) in [6.07, 6.45) is 3.25. The van der Waals surface area contributed by atoms with Crippen molar-refractivity contribution in [1.29, 1.82) is 0 Å². The first-order valence-corrected chi connectivity index (χ1v) is 8.45. The van der Waals surface area contributed by atoms with Crippen molar-refractivity contribution in [2.75, 3.05) is 5.32 Å². The van der Waals surface area contributed by atoms with Gasteiger partial charge >= 0.3 is 0 Å². The van der Waals surface area contributed by atoms with E-state index in [1.54, 1.807) is 17.0 Å². The predicted octanol–water partition coefficient (Wildman–Crippen LogP) is 3.21. The second-order valence-corrected chi connectivity index (χ2v) is 6.70. The standard InChI is InChI=1S/C17H15N5OS/c1-10(2)20-17-21-12-13-15(19-9-8-18-13)24-14(12)16(23)22(17)11-6-4-3-5-7-11/h3-10H,1-2H3,(H,20,21). The Balaban J connectivity index is 2.11. The van der Waals surface area contributed by atoms with E-state index in [1.165, 1.54) is 11.3 Å². The minimum atomic E-state index is -0.112. The van der Waals surface area contributed by atoms with Gasteiger partial charge in [-0.1, -0.05) is 18.2 Å². The van der Waals surface area contributed by atoms with E-state index in [4.69, 9.17) is 4.98 Å². The highest BCUT2D eigenvalue weighted by atomic mass is 32.1. The third-order valence-corrected chi connectivity index (χ3v) is 4.63. The Labute approximate surface area is 141 Å². The molecule has 0 fully saturated rings. The van der Waals surface area contributed by atoms with Gasteiger partial charge in [0.15, 0.2) is 0 Å². The molecule has 7 heteroatoms. The summed E-state index contributed by atoms with van der Waals surface area (Å²) in [4.78, 5) is 27.2. The van der Waals surface area contributed by atoms with Crippen molar-refractivity contribution in [3.63, 3.8) is 0 Å². The van der Waals surface area contributed by atoms with Crippen molar-refractivity contribution in [2.24, 2.45) is 0 Å². The summed E-state index contributed by atoms with van der Waals surface area (Å²) in [6.45, 7) is 4.02. The summed E-state index contributed by atoms with van der Waals surface area (Å²) in [6, 6.07) is 9.65. The molecule has 0 bridgehead atoms. The molecule has 0 saturated heterocycles. The average Bonchev–Trinajstić information content (AvgIpc) is 2.95. The summed E-state index contributed by atoms with van der Waals surface area (Å²) in [7, 11) is 0. The first-order chi connectivity index (χ1) is 11.6. The van der Waals surface area contributed by atoms with Gasteiger partial charge in [-0.15, -0.1) is 11.3 Å². The quantitative estimate of drug-likeness (QED) is 0.621. The second-order valence-electron chi connectivity index (χ2n) is 5.70. The topological polar surface area (TPSA) is 72.7 Å². The first kappa shape index (κ1) is 14.8. The van der Waals surface area contributed by atoms with Crippen molar-refractivity contribution in [1.82, 2.24) is 19.5 Å². The third-order valence-electron chi connectivity index (χ3n) is 3.56. The Bertz CT molecular complexity index is 1080. The summed E-state index contributed by atoms with van der Waals surface area (Å²) in [5, 5.41) is 3.27. The van der Waals surface area contributed by atoms with Crippen LogP contribution in [-0.4, -0.2) is 25.6 Å². The molecule has 4 rings (SSSR count). The lowest BCUT2D eigenvalue weighted by atomic mass is 10.3. The maximum absolute atomic E-state index is 13.1. The predicted molar refractivity (Wildman–Crippen MR) is 97.1 cm³/mol. The molecule has 0 radical (unpaired) electrons. The number of hydrogen-bond donors (Lipinski definition) is 1. The molecule has 0 amide bonds. The van der Waals surface area contributed by atoms with Gasteiger partial charge in [0.25, 0.3) is 5.56 Å². The minimum absolute atomic E-state index is 0.112. The number of nitrogens with one attached hydrogen (secondary N) is 1. The van der Waals surface area contributed by atoms with E-state index in [2.05, 4.69) is 15.3 Å². The molecule has 0 aliphatic rings.